The summed E-state index contributed by atoms with van der Waals surface area (Å²) in [5, 5.41) is 1.26. The molecule has 0 radical (unpaired) electrons. The lowest BCUT2D eigenvalue weighted by Crippen LogP contribution is -2.18. The number of hydrogen-bond donors (Lipinski definition) is 0. The molecule has 0 atom stereocenters. The molecule has 1 rings (SSSR count). The first kappa shape index (κ1) is 8.33. The highest BCUT2D eigenvalue weighted by molar-refractivity contribution is 6.22. The maximum absolute atomic E-state index is 5.32. The zero-order valence-electron chi connectivity index (χ0n) is 7.35. The molecule has 0 saturated carbocycles. The van der Waals surface area contributed by atoms with Gasteiger partial charge in [0.25, 0.3) is 0 Å². The topological polar surface area (TPSA) is 13.1 Å². The van der Waals surface area contributed by atoms with Crippen LogP contribution in [0.1, 0.15) is 19.6 Å². The number of hydrogen-bond acceptors (Lipinski definition) is 1. The third kappa shape index (κ3) is 1.45. The van der Waals surface area contributed by atoms with Gasteiger partial charge in [-0.05, 0) is 26.0 Å². The Morgan fingerprint density at radius 2 is 2.27 bits per heavy atom. The third-order valence-corrected chi connectivity index (χ3v) is 3.45. The van der Waals surface area contributed by atoms with Crippen molar-refractivity contribution in [2.24, 2.45) is 0 Å². The average Bonchev–Trinajstić information content (AvgIpc) is 2.37. The summed E-state index contributed by atoms with van der Waals surface area (Å²) in [6.07, 6.45) is 1.71. The maximum Gasteiger partial charge on any atom is 0.112 e. The van der Waals surface area contributed by atoms with Gasteiger partial charge < -0.3 is 4.42 Å². The van der Waals surface area contributed by atoms with Crippen LogP contribution in [-0.2, 0) is 5.41 Å². The van der Waals surface area contributed by atoms with Gasteiger partial charge >= 0.3 is 0 Å². The van der Waals surface area contributed by atoms with Gasteiger partial charge in [-0.25, -0.2) is 0 Å². The second kappa shape index (κ2) is 2.70. The first-order valence-electron chi connectivity index (χ1n) is 3.75. The van der Waals surface area contributed by atoms with Crippen molar-refractivity contribution in [3.8, 4) is 0 Å². The first-order valence-corrected chi connectivity index (χ1v) is 4.75. The molecular formula is C9H14OSi. The van der Waals surface area contributed by atoms with Gasteiger partial charge in [0.1, 0.15) is 5.76 Å². The molecule has 0 unspecified atom stereocenters. The maximum atomic E-state index is 5.32. The standard InChI is InChI=1S/C9H14OSi/c1-7(11)9(2,3)8-5-4-6-10-8/h4-6H,1H2,2-3,11H3. The van der Waals surface area contributed by atoms with Crippen molar-refractivity contribution in [1.82, 2.24) is 0 Å². The molecule has 0 aliphatic heterocycles. The highest BCUT2D eigenvalue weighted by atomic mass is 28.1. The van der Waals surface area contributed by atoms with E-state index in [1.807, 2.05) is 12.1 Å². The van der Waals surface area contributed by atoms with Crippen LogP contribution >= 0.6 is 0 Å². The summed E-state index contributed by atoms with van der Waals surface area (Å²) in [7, 11) is 1.02. The van der Waals surface area contributed by atoms with Crippen molar-refractivity contribution >= 4 is 10.2 Å². The summed E-state index contributed by atoms with van der Waals surface area (Å²) < 4.78 is 5.32. The molecule has 0 fully saturated rings. The molecule has 0 amide bonds. The molecule has 1 heterocycles. The zero-order valence-corrected chi connectivity index (χ0v) is 9.35. The van der Waals surface area contributed by atoms with Crippen LogP contribution in [-0.4, -0.2) is 10.2 Å². The minimum atomic E-state index is 0.0235. The van der Waals surface area contributed by atoms with Crippen LogP contribution in [0.2, 0.25) is 0 Å². The normalized spacial score (nSPS) is 11.8. The Labute approximate surface area is 70.5 Å². The molecule has 0 aliphatic rings. The van der Waals surface area contributed by atoms with E-state index >= 15 is 0 Å². The van der Waals surface area contributed by atoms with Gasteiger partial charge in [0, 0.05) is 15.7 Å². The van der Waals surface area contributed by atoms with Crippen molar-refractivity contribution in [2.75, 3.05) is 0 Å². The third-order valence-electron chi connectivity index (χ3n) is 2.20. The summed E-state index contributed by atoms with van der Waals surface area (Å²) in [4.78, 5) is 0. The average molecular weight is 166 g/mol. The molecule has 60 valence electrons. The van der Waals surface area contributed by atoms with Crippen LogP contribution in [0.15, 0.2) is 34.6 Å². The predicted octanol–water partition coefficient (Wildman–Crippen LogP) is 1.44. The van der Waals surface area contributed by atoms with E-state index in [9.17, 15) is 0 Å². The van der Waals surface area contributed by atoms with Crippen LogP contribution in [0, 0.1) is 0 Å². The van der Waals surface area contributed by atoms with Gasteiger partial charge in [-0.3, -0.25) is 0 Å². The Hall–Kier alpha value is -0.763. The van der Waals surface area contributed by atoms with Gasteiger partial charge in [0.2, 0.25) is 0 Å². The van der Waals surface area contributed by atoms with E-state index < -0.39 is 0 Å². The second-order valence-corrected chi connectivity index (χ2v) is 4.59. The minimum Gasteiger partial charge on any atom is -0.468 e. The van der Waals surface area contributed by atoms with Crippen molar-refractivity contribution in [3.63, 3.8) is 0 Å². The van der Waals surface area contributed by atoms with Crippen LogP contribution in [0.5, 0.6) is 0 Å². The number of allylic oxidation sites excluding steroid dienone is 1. The zero-order chi connectivity index (χ0) is 8.48. The van der Waals surface area contributed by atoms with Crippen molar-refractivity contribution in [1.29, 1.82) is 0 Å². The Bertz CT molecular complexity index is 247. The van der Waals surface area contributed by atoms with E-state index in [1.54, 1.807) is 6.26 Å². The molecule has 0 spiro atoms. The van der Waals surface area contributed by atoms with Crippen molar-refractivity contribution in [2.45, 2.75) is 19.3 Å². The monoisotopic (exact) mass is 166 g/mol. The van der Waals surface area contributed by atoms with Gasteiger partial charge in [0.05, 0.1) is 6.26 Å². The lowest BCUT2D eigenvalue weighted by molar-refractivity contribution is 0.434. The van der Waals surface area contributed by atoms with Crippen LogP contribution in [0.3, 0.4) is 0 Å². The van der Waals surface area contributed by atoms with Gasteiger partial charge in [0.15, 0.2) is 0 Å². The molecular weight excluding hydrogens is 152 g/mol. The van der Waals surface area contributed by atoms with Crippen molar-refractivity contribution < 1.29 is 4.42 Å². The Morgan fingerprint density at radius 1 is 1.64 bits per heavy atom. The molecule has 0 aliphatic carbocycles. The van der Waals surface area contributed by atoms with Gasteiger partial charge in [-0.2, -0.15) is 0 Å². The number of furan rings is 1. The molecule has 0 saturated heterocycles. The smallest absolute Gasteiger partial charge is 0.112 e. The lowest BCUT2D eigenvalue weighted by atomic mass is 9.90. The molecule has 1 aromatic rings. The quantitative estimate of drug-likeness (QED) is 0.606. The van der Waals surface area contributed by atoms with E-state index in [0.717, 1.165) is 16.0 Å². The highest BCUT2D eigenvalue weighted by Gasteiger charge is 2.23. The minimum absolute atomic E-state index is 0.0235. The lowest BCUT2D eigenvalue weighted by Gasteiger charge is -2.22. The van der Waals surface area contributed by atoms with E-state index in [4.69, 9.17) is 4.42 Å². The van der Waals surface area contributed by atoms with Gasteiger partial charge in [-0.1, -0.05) is 5.20 Å². The Morgan fingerprint density at radius 3 is 2.64 bits per heavy atom. The number of rotatable bonds is 2. The summed E-state index contributed by atoms with van der Waals surface area (Å²) in [5.41, 5.74) is 0.0235. The molecule has 0 N–H and O–H groups in total. The first-order chi connectivity index (χ1) is 5.05. The Kier molecular flexibility index (Phi) is 2.05. The van der Waals surface area contributed by atoms with Crippen LogP contribution in [0.25, 0.3) is 0 Å². The summed E-state index contributed by atoms with van der Waals surface area (Å²) in [6, 6.07) is 3.92. The molecule has 11 heavy (non-hydrogen) atoms. The second-order valence-electron chi connectivity index (χ2n) is 3.38. The van der Waals surface area contributed by atoms with E-state index in [1.165, 1.54) is 5.20 Å². The Balaban J connectivity index is 3.00. The molecule has 0 aromatic carbocycles. The van der Waals surface area contributed by atoms with Crippen LogP contribution < -0.4 is 0 Å². The van der Waals surface area contributed by atoms with E-state index in [0.29, 0.717) is 0 Å². The van der Waals surface area contributed by atoms with E-state index in [-0.39, 0.29) is 5.41 Å². The van der Waals surface area contributed by atoms with Crippen molar-refractivity contribution in [3.05, 3.63) is 35.9 Å². The predicted molar refractivity (Wildman–Crippen MR) is 50.8 cm³/mol. The fourth-order valence-electron chi connectivity index (χ4n) is 0.845. The SMILES string of the molecule is C=C([SiH3])C(C)(C)c1ccco1. The van der Waals surface area contributed by atoms with Gasteiger partial charge in [-0.15, -0.1) is 6.58 Å². The molecule has 1 aromatic heterocycles. The molecule has 2 heteroatoms. The fourth-order valence-corrected chi connectivity index (χ4v) is 1.09. The largest absolute Gasteiger partial charge is 0.468 e. The highest BCUT2D eigenvalue weighted by Crippen LogP contribution is 2.28. The summed E-state index contributed by atoms with van der Waals surface area (Å²) >= 11 is 0. The molecule has 1 nitrogen and oxygen atoms in total. The summed E-state index contributed by atoms with van der Waals surface area (Å²) in [6.45, 7) is 8.26. The fraction of sp³-hybridized carbons (Fsp3) is 0.333. The molecule has 0 bridgehead atoms. The van der Waals surface area contributed by atoms with Crippen LogP contribution in [0.4, 0.5) is 0 Å². The van der Waals surface area contributed by atoms with E-state index in [2.05, 4.69) is 20.4 Å². The summed E-state index contributed by atoms with van der Waals surface area (Å²) in [5.74, 6) is 1.01.